The predicted octanol–water partition coefficient (Wildman–Crippen LogP) is 0.471. The number of sulfonamides is 1. The first-order chi connectivity index (χ1) is 7.77. The van der Waals surface area contributed by atoms with Crippen molar-refractivity contribution >= 4 is 10.0 Å². The van der Waals surface area contributed by atoms with Crippen LogP contribution in [0.5, 0.6) is 0 Å². The molecular formula is C11H24N2O3S. The van der Waals surface area contributed by atoms with Gasteiger partial charge in [-0.3, -0.25) is 0 Å². The Morgan fingerprint density at radius 2 is 2.00 bits per heavy atom. The maximum Gasteiger partial charge on any atom is 0.215 e. The molecule has 0 heterocycles. The highest BCUT2D eigenvalue weighted by Crippen LogP contribution is 2.18. The van der Waals surface area contributed by atoms with Gasteiger partial charge in [-0.15, -0.1) is 0 Å². The van der Waals surface area contributed by atoms with Gasteiger partial charge in [0.1, 0.15) is 0 Å². The van der Waals surface area contributed by atoms with E-state index in [-0.39, 0.29) is 0 Å². The third-order valence-electron chi connectivity index (χ3n) is 3.05. The molecule has 1 aliphatic carbocycles. The first-order valence-electron chi connectivity index (χ1n) is 6.04. The van der Waals surface area contributed by atoms with Crippen molar-refractivity contribution in [2.24, 2.45) is 0 Å². The van der Waals surface area contributed by atoms with Crippen LogP contribution < -0.4 is 10.0 Å². The molecule has 1 atom stereocenters. The zero-order valence-corrected chi connectivity index (χ0v) is 11.9. The van der Waals surface area contributed by atoms with E-state index in [0.29, 0.717) is 19.1 Å². The van der Waals surface area contributed by atoms with E-state index in [1.807, 2.05) is 13.8 Å². The molecule has 2 N–H and O–H groups in total. The summed E-state index contributed by atoms with van der Waals surface area (Å²) in [5.74, 6) is 0. The summed E-state index contributed by atoms with van der Waals surface area (Å²) in [6, 6.07) is 0.531. The van der Waals surface area contributed by atoms with E-state index in [9.17, 15) is 8.42 Å². The average Bonchev–Trinajstić information content (AvgIpc) is 3.07. The van der Waals surface area contributed by atoms with Gasteiger partial charge in [-0.05, 0) is 33.6 Å². The van der Waals surface area contributed by atoms with Gasteiger partial charge in [0.25, 0.3) is 0 Å². The molecule has 0 saturated heterocycles. The Kier molecular flexibility index (Phi) is 4.95. The molecule has 0 aromatic rings. The van der Waals surface area contributed by atoms with Gasteiger partial charge in [0.15, 0.2) is 0 Å². The highest BCUT2D eigenvalue weighted by atomic mass is 32.2. The predicted molar refractivity (Wildman–Crippen MR) is 68.5 cm³/mol. The third kappa shape index (κ3) is 5.33. The standard InChI is InChI=1S/C11H24N2O3S/c1-9(7-12-10-5-6-10)17(14,15)13-8-11(2,3)16-4/h9-10,12-13H,5-8H2,1-4H3. The summed E-state index contributed by atoms with van der Waals surface area (Å²) >= 11 is 0. The van der Waals surface area contributed by atoms with Crippen molar-refractivity contribution in [3.05, 3.63) is 0 Å². The monoisotopic (exact) mass is 264 g/mol. The highest BCUT2D eigenvalue weighted by Gasteiger charge is 2.27. The smallest absolute Gasteiger partial charge is 0.215 e. The van der Waals surface area contributed by atoms with Crippen LogP contribution in [-0.4, -0.2) is 45.5 Å². The Morgan fingerprint density at radius 3 is 2.47 bits per heavy atom. The number of ether oxygens (including phenoxy) is 1. The second-order valence-electron chi connectivity index (χ2n) is 5.32. The minimum atomic E-state index is -3.26. The summed E-state index contributed by atoms with van der Waals surface area (Å²) in [6.07, 6.45) is 2.33. The fourth-order valence-electron chi connectivity index (χ4n) is 1.22. The van der Waals surface area contributed by atoms with Crippen LogP contribution in [0.15, 0.2) is 0 Å². The van der Waals surface area contributed by atoms with Crippen molar-refractivity contribution < 1.29 is 13.2 Å². The number of nitrogens with one attached hydrogen (secondary N) is 2. The molecule has 0 aliphatic heterocycles. The van der Waals surface area contributed by atoms with Gasteiger partial charge in [-0.25, -0.2) is 13.1 Å². The van der Waals surface area contributed by atoms with Crippen LogP contribution in [0.3, 0.4) is 0 Å². The van der Waals surface area contributed by atoms with Crippen LogP contribution >= 0.6 is 0 Å². The normalized spacial score (nSPS) is 19.3. The van der Waals surface area contributed by atoms with E-state index in [1.165, 1.54) is 0 Å². The molecule has 17 heavy (non-hydrogen) atoms. The van der Waals surface area contributed by atoms with Crippen molar-refractivity contribution in [3.63, 3.8) is 0 Å². The zero-order chi connectivity index (χ0) is 13.1. The molecule has 1 unspecified atom stereocenters. The molecule has 0 radical (unpaired) electrons. The fraction of sp³-hybridized carbons (Fsp3) is 1.00. The second-order valence-corrected chi connectivity index (χ2v) is 7.51. The van der Waals surface area contributed by atoms with E-state index in [4.69, 9.17) is 4.74 Å². The van der Waals surface area contributed by atoms with E-state index in [1.54, 1.807) is 14.0 Å². The molecule has 102 valence electrons. The summed E-state index contributed by atoms with van der Waals surface area (Å²) in [7, 11) is -1.69. The molecule has 0 spiro atoms. The molecule has 1 aliphatic rings. The molecular weight excluding hydrogens is 240 g/mol. The van der Waals surface area contributed by atoms with Crippen LogP contribution in [0.25, 0.3) is 0 Å². The Bertz CT molecular complexity index is 337. The first kappa shape index (κ1) is 14.9. The van der Waals surface area contributed by atoms with Crippen LogP contribution in [0.1, 0.15) is 33.6 Å². The molecule has 0 aromatic heterocycles. The maximum absolute atomic E-state index is 11.9. The number of methoxy groups -OCH3 is 1. The molecule has 1 fully saturated rings. The number of rotatable bonds is 8. The first-order valence-corrected chi connectivity index (χ1v) is 7.58. The van der Waals surface area contributed by atoms with Gasteiger partial charge in [0, 0.05) is 26.2 Å². The minimum absolute atomic E-state index is 0.291. The average molecular weight is 264 g/mol. The van der Waals surface area contributed by atoms with Crippen molar-refractivity contribution in [2.75, 3.05) is 20.2 Å². The SMILES string of the molecule is COC(C)(C)CNS(=O)(=O)C(C)CNC1CC1. The molecule has 1 saturated carbocycles. The lowest BCUT2D eigenvalue weighted by Gasteiger charge is -2.24. The van der Waals surface area contributed by atoms with Crippen molar-refractivity contribution in [1.29, 1.82) is 0 Å². The van der Waals surface area contributed by atoms with Gasteiger partial charge < -0.3 is 10.1 Å². The number of hydrogen-bond acceptors (Lipinski definition) is 4. The van der Waals surface area contributed by atoms with E-state index < -0.39 is 20.9 Å². The van der Waals surface area contributed by atoms with Crippen LogP contribution in [0, 0.1) is 0 Å². The van der Waals surface area contributed by atoms with Crippen LogP contribution in [-0.2, 0) is 14.8 Å². The maximum atomic E-state index is 11.9. The lowest BCUT2D eigenvalue weighted by molar-refractivity contribution is 0.0276. The Balaban J connectivity index is 2.37. The molecule has 0 amide bonds. The van der Waals surface area contributed by atoms with Gasteiger partial charge in [-0.2, -0.15) is 0 Å². The van der Waals surface area contributed by atoms with Gasteiger partial charge in [0.2, 0.25) is 10.0 Å². The highest BCUT2D eigenvalue weighted by molar-refractivity contribution is 7.90. The lowest BCUT2D eigenvalue weighted by atomic mass is 10.1. The Morgan fingerprint density at radius 1 is 1.41 bits per heavy atom. The van der Waals surface area contributed by atoms with Crippen LogP contribution in [0.2, 0.25) is 0 Å². The van der Waals surface area contributed by atoms with Gasteiger partial charge >= 0.3 is 0 Å². The summed E-state index contributed by atoms with van der Waals surface area (Å²) in [5, 5.41) is 2.80. The van der Waals surface area contributed by atoms with Gasteiger partial charge in [-0.1, -0.05) is 0 Å². The molecule has 0 bridgehead atoms. The third-order valence-corrected chi connectivity index (χ3v) is 4.83. The lowest BCUT2D eigenvalue weighted by Crippen LogP contribution is -2.45. The summed E-state index contributed by atoms with van der Waals surface area (Å²) in [6.45, 7) is 6.22. The van der Waals surface area contributed by atoms with Crippen molar-refractivity contribution in [1.82, 2.24) is 10.0 Å². The molecule has 1 rings (SSSR count). The zero-order valence-electron chi connectivity index (χ0n) is 11.1. The second kappa shape index (κ2) is 5.65. The fourth-order valence-corrected chi connectivity index (χ4v) is 2.37. The molecule has 6 heteroatoms. The number of hydrogen-bond donors (Lipinski definition) is 2. The summed E-state index contributed by atoms with van der Waals surface area (Å²) in [5.41, 5.74) is -0.475. The summed E-state index contributed by atoms with van der Waals surface area (Å²) in [4.78, 5) is 0. The molecule has 5 nitrogen and oxygen atoms in total. The van der Waals surface area contributed by atoms with E-state index in [2.05, 4.69) is 10.0 Å². The molecule has 0 aromatic carbocycles. The summed E-state index contributed by atoms with van der Waals surface area (Å²) < 4.78 is 31.6. The topological polar surface area (TPSA) is 67.4 Å². The van der Waals surface area contributed by atoms with Crippen molar-refractivity contribution in [2.45, 2.75) is 50.5 Å². The minimum Gasteiger partial charge on any atom is -0.377 e. The van der Waals surface area contributed by atoms with E-state index >= 15 is 0 Å². The Hall–Kier alpha value is -0.170. The van der Waals surface area contributed by atoms with Gasteiger partial charge in [0.05, 0.1) is 10.9 Å². The van der Waals surface area contributed by atoms with E-state index in [0.717, 1.165) is 12.8 Å². The quantitative estimate of drug-likeness (QED) is 0.669. The van der Waals surface area contributed by atoms with Crippen molar-refractivity contribution in [3.8, 4) is 0 Å². The van der Waals surface area contributed by atoms with Crippen LogP contribution in [0.4, 0.5) is 0 Å². The largest absolute Gasteiger partial charge is 0.377 e. The Labute approximate surface area is 104 Å².